The van der Waals surface area contributed by atoms with E-state index in [1.54, 1.807) is 0 Å². The summed E-state index contributed by atoms with van der Waals surface area (Å²) in [6.07, 6.45) is 2.56. The molecule has 2 nitrogen and oxygen atoms in total. The Morgan fingerprint density at radius 2 is 2.18 bits per heavy atom. The standard InChI is InChI=1S/C13H21BrN2S/c1-10(2)16-6-3-11(4-7-16)15-9-13-12(14)5-8-17-13/h5,8,10-11,15H,3-4,6-7,9H2,1-2H3. The van der Waals surface area contributed by atoms with Crippen LogP contribution in [-0.2, 0) is 6.54 Å². The van der Waals surface area contributed by atoms with Crippen LogP contribution in [0.5, 0.6) is 0 Å². The molecule has 4 heteroatoms. The third kappa shape index (κ3) is 3.78. The van der Waals surface area contributed by atoms with Crippen molar-refractivity contribution in [1.82, 2.24) is 10.2 Å². The zero-order valence-electron chi connectivity index (χ0n) is 10.6. The number of thiophene rings is 1. The third-order valence-corrected chi connectivity index (χ3v) is 5.43. The number of hydrogen-bond acceptors (Lipinski definition) is 3. The van der Waals surface area contributed by atoms with Crippen molar-refractivity contribution in [2.24, 2.45) is 0 Å². The van der Waals surface area contributed by atoms with E-state index in [9.17, 15) is 0 Å². The lowest BCUT2D eigenvalue weighted by Gasteiger charge is -2.35. The van der Waals surface area contributed by atoms with E-state index >= 15 is 0 Å². The first-order valence-corrected chi connectivity index (χ1v) is 8.03. The summed E-state index contributed by atoms with van der Waals surface area (Å²) in [5.74, 6) is 0. The molecule has 0 radical (unpaired) electrons. The number of hydrogen-bond donors (Lipinski definition) is 1. The van der Waals surface area contributed by atoms with Crippen molar-refractivity contribution < 1.29 is 0 Å². The highest BCUT2D eigenvalue weighted by Gasteiger charge is 2.20. The van der Waals surface area contributed by atoms with E-state index in [0.29, 0.717) is 12.1 Å². The van der Waals surface area contributed by atoms with E-state index in [-0.39, 0.29) is 0 Å². The maximum Gasteiger partial charge on any atom is 0.0327 e. The van der Waals surface area contributed by atoms with Gasteiger partial charge in [-0.2, -0.15) is 0 Å². The summed E-state index contributed by atoms with van der Waals surface area (Å²) in [4.78, 5) is 3.98. The maximum atomic E-state index is 3.68. The second-order valence-corrected chi connectivity index (χ2v) is 6.83. The molecule has 1 aromatic rings. The van der Waals surface area contributed by atoms with Crippen LogP contribution in [0.1, 0.15) is 31.6 Å². The first-order chi connectivity index (χ1) is 8.16. The second kappa shape index (κ2) is 6.32. The largest absolute Gasteiger partial charge is 0.309 e. The smallest absolute Gasteiger partial charge is 0.0327 e. The molecule has 2 rings (SSSR count). The Bertz CT molecular complexity index is 343. The molecule has 0 atom stereocenters. The topological polar surface area (TPSA) is 15.3 Å². The first kappa shape index (κ1) is 13.5. The number of nitrogens with zero attached hydrogens (tertiary/aromatic N) is 1. The van der Waals surface area contributed by atoms with Crippen LogP contribution in [0.2, 0.25) is 0 Å². The van der Waals surface area contributed by atoms with Gasteiger partial charge in [0.05, 0.1) is 0 Å². The van der Waals surface area contributed by atoms with Gasteiger partial charge in [-0.25, -0.2) is 0 Å². The van der Waals surface area contributed by atoms with Gasteiger partial charge in [0.25, 0.3) is 0 Å². The molecule has 1 aromatic heterocycles. The van der Waals surface area contributed by atoms with Crippen molar-refractivity contribution in [3.63, 3.8) is 0 Å². The van der Waals surface area contributed by atoms with Gasteiger partial charge in [0.2, 0.25) is 0 Å². The van der Waals surface area contributed by atoms with Gasteiger partial charge in [-0.05, 0) is 67.2 Å². The van der Waals surface area contributed by atoms with Gasteiger partial charge < -0.3 is 10.2 Å². The minimum absolute atomic E-state index is 0.694. The lowest BCUT2D eigenvalue weighted by Crippen LogP contribution is -2.44. The summed E-state index contributed by atoms with van der Waals surface area (Å²) < 4.78 is 1.25. The van der Waals surface area contributed by atoms with Gasteiger partial charge in [0.1, 0.15) is 0 Å². The first-order valence-electron chi connectivity index (χ1n) is 6.36. The Labute approximate surface area is 117 Å². The third-order valence-electron chi connectivity index (χ3n) is 3.50. The Balaban J connectivity index is 1.74. The van der Waals surface area contributed by atoms with Crippen LogP contribution < -0.4 is 5.32 Å². The molecule has 1 fully saturated rings. The van der Waals surface area contributed by atoms with Crippen molar-refractivity contribution in [3.05, 3.63) is 20.8 Å². The lowest BCUT2D eigenvalue weighted by molar-refractivity contribution is 0.161. The zero-order chi connectivity index (χ0) is 12.3. The molecule has 0 unspecified atom stereocenters. The molecular formula is C13H21BrN2S. The van der Waals surface area contributed by atoms with Crippen molar-refractivity contribution in [2.75, 3.05) is 13.1 Å². The summed E-state index contributed by atoms with van der Waals surface area (Å²) in [6, 6.07) is 3.52. The normalized spacial score (nSPS) is 19.1. The molecule has 96 valence electrons. The van der Waals surface area contributed by atoms with Crippen LogP contribution in [0, 0.1) is 0 Å². The van der Waals surface area contributed by atoms with Gasteiger partial charge in [0.15, 0.2) is 0 Å². The van der Waals surface area contributed by atoms with Crippen molar-refractivity contribution >= 4 is 27.3 Å². The molecule has 0 aliphatic carbocycles. The fraction of sp³-hybridized carbons (Fsp3) is 0.692. The van der Waals surface area contributed by atoms with E-state index in [1.807, 2.05) is 11.3 Å². The minimum atomic E-state index is 0.694. The monoisotopic (exact) mass is 316 g/mol. The quantitative estimate of drug-likeness (QED) is 0.915. The number of piperidine rings is 1. The molecule has 2 heterocycles. The van der Waals surface area contributed by atoms with Crippen molar-refractivity contribution in [1.29, 1.82) is 0 Å². The molecular weight excluding hydrogens is 296 g/mol. The molecule has 0 saturated carbocycles. The Morgan fingerprint density at radius 1 is 1.47 bits per heavy atom. The van der Waals surface area contributed by atoms with E-state index in [1.165, 1.54) is 35.3 Å². The van der Waals surface area contributed by atoms with Crippen LogP contribution in [0.25, 0.3) is 0 Å². The predicted molar refractivity (Wildman–Crippen MR) is 78.6 cm³/mol. The summed E-state index contributed by atoms with van der Waals surface area (Å²) in [5.41, 5.74) is 0. The Morgan fingerprint density at radius 3 is 2.71 bits per heavy atom. The average molecular weight is 317 g/mol. The van der Waals surface area contributed by atoms with Gasteiger partial charge in [-0.15, -0.1) is 11.3 Å². The van der Waals surface area contributed by atoms with E-state index in [2.05, 4.69) is 51.4 Å². The average Bonchev–Trinajstić information content (AvgIpc) is 2.73. The summed E-state index contributed by atoms with van der Waals surface area (Å²) >= 11 is 5.41. The highest BCUT2D eigenvalue weighted by atomic mass is 79.9. The van der Waals surface area contributed by atoms with Gasteiger partial charge in [0, 0.05) is 28.0 Å². The summed E-state index contributed by atoms with van der Waals surface area (Å²) in [6.45, 7) is 8.06. The molecule has 0 amide bonds. The van der Waals surface area contributed by atoms with Crippen LogP contribution in [0.3, 0.4) is 0 Å². The van der Waals surface area contributed by atoms with Gasteiger partial charge in [-0.3, -0.25) is 0 Å². The molecule has 17 heavy (non-hydrogen) atoms. The fourth-order valence-corrected chi connectivity index (χ4v) is 3.75. The second-order valence-electron chi connectivity index (χ2n) is 4.98. The van der Waals surface area contributed by atoms with Crippen LogP contribution in [-0.4, -0.2) is 30.1 Å². The Kier molecular flexibility index (Phi) is 5.03. The number of likely N-dealkylation sites (tertiary alicyclic amines) is 1. The zero-order valence-corrected chi connectivity index (χ0v) is 13.0. The van der Waals surface area contributed by atoms with Gasteiger partial charge >= 0.3 is 0 Å². The number of halogens is 1. The molecule has 0 spiro atoms. The Hall–Kier alpha value is 0.100. The summed E-state index contributed by atoms with van der Waals surface area (Å²) in [5, 5.41) is 5.82. The van der Waals surface area contributed by atoms with Crippen LogP contribution in [0.15, 0.2) is 15.9 Å². The SMILES string of the molecule is CC(C)N1CCC(NCc2sccc2Br)CC1. The van der Waals surface area contributed by atoms with Crippen molar-refractivity contribution in [3.8, 4) is 0 Å². The van der Waals surface area contributed by atoms with Gasteiger partial charge in [-0.1, -0.05) is 0 Å². The van der Waals surface area contributed by atoms with E-state index in [0.717, 1.165) is 6.54 Å². The minimum Gasteiger partial charge on any atom is -0.309 e. The van der Waals surface area contributed by atoms with Crippen molar-refractivity contribution in [2.45, 2.75) is 45.3 Å². The molecule has 0 aromatic carbocycles. The highest BCUT2D eigenvalue weighted by Crippen LogP contribution is 2.23. The van der Waals surface area contributed by atoms with E-state index in [4.69, 9.17) is 0 Å². The lowest BCUT2D eigenvalue weighted by atomic mass is 10.0. The maximum absolute atomic E-state index is 3.68. The highest BCUT2D eigenvalue weighted by molar-refractivity contribution is 9.10. The van der Waals surface area contributed by atoms with E-state index < -0.39 is 0 Å². The molecule has 0 bridgehead atoms. The summed E-state index contributed by atoms with van der Waals surface area (Å²) in [7, 11) is 0. The number of rotatable bonds is 4. The molecule has 1 aliphatic heterocycles. The molecule has 1 saturated heterocycles. The number of nitrogens with one attached hydrogen (secondary N) is 1. The molecule has 1 N–H and O–H groups in total. The van der Waals surface area contributed by atoms with Crippen LogP contribution in [0.4, 0.5) is 0 Å². The fourth-order valence-electron chi connectivity index (χ4n) is 2.31. The molecule has 1 aliphatic rings. The van der Waals surface area contributed by atoms with Crippen LogP contribution >= 0.6 is 27.3 Å². The predicted octanol–water partition coefficient (Wildman–Crippen LogP) is 3.47.